The van der Waals surface area contributed by atoms with Crippen LogP contribution < -0.4 is 10.4 Å². The Morgan fingerprint density at radius 1 is 0.698 bits per heavy atom. The normalized spacial score (nSPS) is 13.3. The smallest absolute Gasteiger partial charge is 0.154 e. The van der Waals surface area contributed by atoms with Crippen LogP contribution in [0.25, 0.3) is 45.0 Å². The molecule has 0 amide bonds. The molecule has 0 fully saturated rings. The monoisotopic (exact) mass is 558 g/mol. The summed E-state index contributed by atoms with van der Waals surface area (Å²) in [6.07, 6.45) is 11.3. The molecule has 4 heteroatoms. The van der Waals surface area contributed by atoms with E-state index < -0.39 is 0 Å². The van der Waals surface area contributed by atoms with Gasteiger partial charge in [0, 0.05) is 47.2 Å². The maximum absolute atomic E-state index is 4.90. The van der Waals surface area contributed by atoms with Gasteiger partial charge in [-0.15, -0.1) is 0 Å². The summed E-state index contributed by atoms with van der Waals surface area (Å²) in [6.45, 7) is 13.6. The van der Waals surface area contributed by atoms with Crippen LogP contribution in [0.15, 0.2) is 150 Å². The van der Waals surface area contributed by atoms with E-state index in [2.05, 4.69) is 120 Å². The molecule has 0 spiro atoms. The van der Waals surface area contributed by atoms with Gasteiger partial charge in [-0.2, -0.15) is 0 Å². The van der Waals surface area contributed by atoms with Crippen molar-refractivity contribution in [2.24, 2.45) is 9.98 Å². The number of benzene rings is 3. The zero-order valence-corrected chi connectivity index (χ0v) is 24.8. The first-order valence-corrected chi connectivity index (χ1v) is 14.2. The Labute approximate surface area is 253 Å². The molecule has 0 unspecified atom stereocenters. The van der Waals surface area contributed by atoms with Crippen molar-refractivity contribution in [3.63, 3.8) is 0 Å². The number of nitrogens with zero attached hydrogens (tertiary/aromatic N) is 4. The predicted octanol–water partition coefficient (Wildman–Crippen LogP) is 8.06. The average molecular weight is 559 g/mol. The number of allylic oxidation sites excluding steroid dienone is 2. The highest BCUT2D eigenvalue weighted by Gasteiger charge is 2.12. The highest BCUT2D eigenvalue weighted by atomic mass is 15.0. The lowest BCUT2D eigenvalue weighted by atomic mass is 9.92. The van der Waals surface area contributed by atoms with Gasteiger partial charge in [-0.1, -0.05) is 79.4 Å². The summed E-state index contributed by atoms with van der Waals surface area (Å²) < 4.78 is 0. The van der Waals surface area contributed by atoms with Crippen LogP contribution in [-0.2, 0) is 0 Å². The molecule has 0 aliphatic heterocycles. The molecule has 210 valence electrons. The highest BCUT2D eigenvalue weighted by molar-refractivity contribution is 6.22. The first kappa shape index (κ1) is 29.0. The fourth-order valence-corrected chi connectivity index (χ4v) is 5.11. The number of aliphatic imine (C=N–C) groups is 2. The fourth-order valence-electron chi connectivity index (χ4n) is 5.11. The standard InChI is InChI=1S/C39H34N4/c1-6-27(3)39(40-5)43-28(4)38(37-15-9-8-12-29(37)7-2)31-18-16-30(17-19-31)34-22-35(32-13-10-20-41-25-32)24-36(23-34)33-14-11-21-42-26-33/h6-26H,1,5H2,2-4H3/b29-7-,38-37+,39-27+,43-28+. The van der Waals surface area contributed by atoms with Gasteiger partial charge in [0.2, 0.25) is 0 Å². The second kappa shape index (κ2) is 13.5. The predicted molar refractivity (Wildman–Crippen MR) is 182 cm³/mol. The quantitative estimate of drug-likeness (QED) is 0.143. The Hall–Kier alpha value is -5.48. The van der Waals surface area contributed by atoms with Gasteiger partial charge < -0.3 is 0 Å². The van der Waals surface area contributed by atoms with Crippen LogP contribution in [0.4, 0.5) is 0 Å². The van der Waals surface area contributed by atoms with Gasteiger partial charge in [-0.3, -0.25) is 9.97 Å². The van der Waals surface area contributed by atoms with Crippen LogP contribution in [0, 0.1) is 0 Å². The van der Waals surface area contributed by atoms with E-state index in [-0.39, 0.29) is 0 Å². The Kier molecular flexibility index (Phi) is 9.08. The molecule has 3 aromatic carbocycles. The molecule has 0 N–H and O–H groups in total. The number of pyridine rings is 2. The van der Waals surface area contributed by atoms with Gasteiger partial charge in [-0.25, -0.2) is 9.98 Å². The largest absolute Gasteiger partial charge is 0.264 e. The van der Waals surface area contributed by atoms with E-state index >= 15 is 0 Å². The van der Waals surface area contributed by atoms with E-state index in [9.17, 15) is 0 Å². The average Bonchev–Trinajstić information content (AvgIpc) is 3.08. The Bertz CT molecular complexity index is 1890. The molecule has 0 radical (unpaired) electrons. The molecule has 0 aliphatic carbocycles. The molecular weight excluding hydrogens is 524 g/mol. The van der Waals surface area contributed by atoms with Crippen molar-refractivity contribution in [3.8, 4) is 33.4 Å². The van der Waals surface area contributed by atoms with Crippen molar-refractivity contribution < 1.29 is 0 Å². The third-order valence-corrected chi connectivity index (χ3v) is 7.41. The molecule has 43 heavy (non-hydrogen) atoms. The van der Waals surface area contributed by atoms with E-state index in [4.69, 9.17) is 4.99 Å². The molecule has 5 rings (SSSR count). The van der Waals surface area contributed by atoms with E-state index in [1.165, 1.54) is 0 Å². The van der Waals surface area contributed by atoms with Gasteiger partial charge in [0.15, 0.2) is 5.82 Å². The summed E-state index contributed by atoms with van der Waals surface area (Å²) >= 11 is 0. The first-order chi connectivity index (χ1) is 21.0. The van der Waals surface area contributed by atoms with Crippen LogP contribution >= 0.6 is 0 Å². The number of hydrogen-bond donors (Lipinski definition) is 0. The zero-order valence-electron chi connectivity index (χ0n) is 24.8. The van der Waals surface area contributed by atoms with Gasteiger partial charge in [-0.05, 0) is 102 Å². The number of hydrogen-bond acceptors (Lipinski definition) is 4. The molecule has 0 bridgehead atoms. The minimum atomic E-state index is 0.565. The Morgan fingerprint density at radius 3 is 1.79 bits per heavy atom. The van der Waals surface area contributed by atoms with Crippen molar-refractivity contribution in [2.75, 3.05) is 0 Å². The van der Waals surface area contributed by atoms with E-state index in [1.54, 1.807) is 18.5 Å². The summed E-state index contributed by atoms with van der Waals surface area (Å²) in [6, 6.07) is 31.8. The summed E-state index contributed by atoms with van der Waals surface area (Å²) in [5.74, 6) is 0.565. The van der Waals surface area contributed by atoms with Gasteiger partial charge in [0.1, 0.15) is 0 Å². The molecule has 0 saturated heterocycles. The third kappa shape index (κ3) is 6.55. The van der Waals surface area contributed by atoms with E-state index in [0.29, 0.717) is 5.82 Å². The summed E-state index contributed by atoms with van der Waals surface area (Å²) in [5.41, 5.74) is 10.4. The van der Waals surface area contributed by atoms with Crippen LogP contribution in [0.2, 0.25) is 0 Å². The van der Waals surface area contributed by atoms with Crippen molar-refractivity contribution in [3.05, 3.63) is 156 Å². The number of aromatic nitrogens is 2. The lowest BCUT2D eigenvalue weighted by Gasteiger charge is -2.13. The van der Waals surface area contributed by atoms with Gasteiger partial charge in [0.05, 0.1) is 0 Å². The SMILES string of the molecule is C=C/C(C)=C(N=C)/N=C(C)/C(c1ccc(-c2cc(-c3cccnc3)cc(-c3cccnc3)c2)cc1)=c1/cccc/c1=C/C. The first-order valence-electron chi connectivity index (χ1n) is 14.2. The lowest BCUT2D eigenvalue weighted by Crippen LogP contribution is -2.29. The molecule has 0 saturated carbocycles. The van der Waals surface area contributed by atoms with Crippen molar-refractivity contribution in [2.45, 2.75) is 20.8 Å². The van der Waals surface area contributed by atoms with Crippen LogP contribution in [0.1, 0.15) is 26.3 Å². The van der Waals surface area contributed by atoms with Crippen LogP contribution in [0.5, 0.6) is 0 Å². The molecule has 2 heterocycles. The minimum absolute atomic E-state index is 0.565. The molecule has 4 nitrogen and oxygen atoms in total. The number of rotatable bonds is 8. The maximum Gasteiger partial charge on any atom is 0.154 e. The Balaban J connectivity index is 1.68. The molecule has 0 aliphatic rings. The maximum atomic E-state index is 4.90. The zero-order chi connectivity index (χ0) is 30.2. The topological polar surface area (TPSA) is 50.5 Å². The van der Waals surface area contributed by atoms with Crippen molar-refractivity contribution in [1.29, 1.82) is 0 Å². The second-order valence-corrected chi connectivity index (χ2v) is 10.2. The summed E-state index contributed by atoms with van der Waals surface area (Å²) in [4.78, 5) is 17.8. The fraction of sp³-hybridized carbons (Fsp3) is 0.0769. The molecule has 5 aromatic rings. The molecular formula is C39H34N4. The van der Waals surface area contributed by atoms with E-state index in [1.807, 2.05) is 38.4 Å². The van der Waals surface area contributed by atoms with Crippen LogP contribution in [0.3, 0.4) is 0 Å². The van der Waals surface area contributed by atoms with E-state index in [0.717, 1.165) is 66.2 Å². The lowest BCUT2D eigenvalue weighted by molar-refractivity contribution is 1.19. The molecule has 0 atom stereocenters. The summed E-state index contributed by atoms with van der Waals surface area (Å²) in [7, 11) is 0. The minimum Gasteiger partial charge on any atom is -0.264 e. The van der Waals surface area contributed by atoms with Crippen molar-refractivity contribution >= 4 is 24.1 Å². The summed E-state index contributed by atoms with van der Waals surface area (Å²) in [5, 5.41) is 2.25. The highest BCUT2D eigenvalue weighted by Crippen LogP contribution is 2.33. The third-order valence-electron chi connectivity index (χ3n) is 7.41. The Morgan fingerprint density at radius 2 is 1.28 bits per heavy atom. The van der Waals surface area contributed by atoms with Crippen LogP contribution in [-0.4, -0.2) is 22.4 Å². The van der Waals surface area contributed by atoms with Crippen molar-refractivity contribution in [1.82, 2.24) is 9.97 Å². The van der Waals surface area contributed by atoms with Gasteiger partial charge in [0.25, 0.3) is 0 Å². The second-order valence-electron chi connectivity index (χ2n) is 10.2. The van der Waals surface area contributed by atoms with Gasteiger partial charge >= 0.3 is 0 Å². The molecule has 2 aromatic heterocycles.